The normalized spacial score (nSPS) is 10.3. The second-order valence-electron chi connectivity index (χ2n) is 5.95. The highest BCUT2D eigenvalue weighted by molar-refractivity contribution is 7.80. The fourth-order valence-corrected chi connectivity index (χ4v) is 2.94. The number of rotatable bonds is 5. The van der Waals surface area contributed by atoms with Crippen molar-refractivity contribution in [1.82, 2.24) is 16.2 Å². The molecule has 0 unspecified atom stereocenters. The number of fused-ring (bicyclic) bond motifs is 1. The molecule has 26 heavy (non-hydrogen) atoms. The minimum absolute atomic E-state index is 0.213. The van der Waals surface area contributed by atoms with E-state index in [0.717, 1.165) is 30.2 Å². The summed E-state index contributed by atoms with van der Waals surface area (Å²) in [5.41, 5.74) is 7.34. The van der Waals surface area contributed by atoms with Crippen molar-refractivity contribution in [3.63, 3.8) is 0 Å². The van der Waals surface area contributed by atoms with E-state index in [1.54, 1.807) is 6.07 Å². The predicted molar refractivity (Wildman–Crippen MR) is 110 cm³/mol. The Bertz CT molecular complexity index is 891. The SMILES string of the molecule is O=C(NNC(=S)NCCCc1ccccc1)c1cccc2ccccc12. The summed E-state index contributed by atoms with van der Waals surface area (Å²) >= 11 is 5.21. The maximum absolute atomic E-state index is 12.4. The molecule has 132 valence electrons. The minimum atomic E-state index is -0.213. The zero-order chi connectivity index (χ0) is 18.2. The van der Waals surface area contributed by atoms with Crippen LogP contribution in [0.2, 0.25) is 0 Å². The molecular weight excluding hydrogens is 342 g/mol. The van der Waals surface area contributed by atoms with Crippen LogP contribution in [0.5, 0.6) is 0 Å². The molecule has 0 aromatic heterocycles. The lowest BCUT2D eigenvalue weighted by Gasteiger charge is -2.12. The molecule has 5 heteroatoms. The lowest BCUT2D eigenvalue weighted by Crippen LogP contribution is -2.47. The highest BCUT2D eigenvalue weighted by Crippen LogP contribution is 2.18. The largest absolute Gasteiger partial charge is 0.361 e. The third-order valence-corrected chi connectivity index (χ3v) is 4.34. The Kier molecular flexibility index (Phi) is 6.17. The first-order chi connectivity index (χ1) is 12.7. The van der Waals surface area contributed by atoms with Gasteiger partial charge in [0.05, 0.1) is 0 Å². The van der Waals surface area contributed by atoms with Crippen LogP contribution in [0.3, 0.4) is 0 Å². The summed E-state index contributed by atoms with van der Waals surface area (Å²) in [6.45, 7) is 0.741. The Hall–Kier alpha value is -2.92. The third-order valence-electron chi connectivity index (χ3n) is 4.09. The van der Waals surface area contributed by atoms with E-state index in [1.807, 2.05) is 54.6 Å². The molecule has 1 amide bonds. The predicted octanol–water partition coefficient (Wildman–Crippen LogP) is 3.58. The zero-order valence-electron chi connectivity index (χ0n) is 14.4. The van der Waals surface area contributed by atoms with E-state index in [0.29, 0.717) is 10.7 Å². The summed E-state index contributed by atoms with van der Waals surface area (Å²) < 4.78 is 0. The monoisotopic (exact) mass is 363 g/mol. The number of carbonyl (C=O) groups is 1. The van der Waals surface area contributed by atoms with Gasteiger partial charge >= 0.3 is 0 Å². The van der Waals surface area contributed by atoms with Crippen LogP contribution in [0.1, 0.15) is 22.3 Å². The fourth-order valence-electron chi connectivity index (χ4n) is 2.79. The summed E-state index contributed by atoms with van der Waals surface area (Å²) in [7, 11) is 0. The lowest BCUT2D eigenvalue weighted by atomic mass is 10.0. The van der Waals surface area contributed by atoms with E-state index in [1.165, 1.54) is 5.56 Å². The van der Waals surface area contributed by atoms with Gasteiger partial charge in [0.15, 0.2) is 5.11 Å². The van der Waals surface area contributed by atoms with E-state index in [4.69, 9.17) is 12.2 Å². The Morgan fingerprint density at radius 1 is 0.846 bits per heavy atom. The topological polar surface area (TPSA) is 53.2 Å². The van der Waals surface area contributed by atoms with Crippen LogP contribution in [0, 0.1) is 0 Å². The van der Waals surface area contributed by atoms with Gasteiger partial charge in [-0.05, 0) is 47.5 Å². The molecule has 0 heterocycles. The van der Waals surface area contributed by atoms with Gasteiger partial charge in [0.25, 0.3) is 5.91 Å². The minimum Gasteiger partial charge on any atom is -0.361 e. The number of benzene rings is 3. The molecule has 0 aliphatic heterocycles. The Labute approximate surface area is 158 Å². The van der Waals surface area contributed by atoms with Crippen molar-refractivity contribution in [2.24, 2.45) is 0 Å². The van der Waals surface area contributed by atoms with Gasteiger partial charge in [0.1, 0.15) is 0 Å². The van der Waals surface area contributed by atoms with Gasteiger partial charge in [-0.15, -0.1) is 0 Å². The van der Waals surface area contributed by atoms with Crippen LogP contribution < -0.4 is 16.2 Å². The molecule has 0 aliphatic rings. The Morgan fingerprint density at radius 2 is 1.58 bits per heavy atom. The van der Waals surface area contributed by atoms with Gasteiger partial charge in [-0.1, -0.05) is 66.7 Å². The number of nitrogens with one attached hydrogen (secondary N) is 3. The molecule has 3 aromatic carbocycles. The van der Waals surface area contributed by atoms with E-state index in [-0.39, 0.29) is 5.91 Å². The van der Waals surface area contributed by atoms with Crippen molar-refractivity contribution in [1.29, 1.82) is 0 Å². The van der Waals surface area contributed by atoms with Crippen molar-refractivity contribution < 1.29 is 4.79 Å². The summed E-state index contributed by atoms with van der Waals surface area (Å²) in [5, 5.41) is 5.45. The van der Waals surface area contributed by atoms with Crippen molar-refractivity contribution in [3.8, 4) is 0 Å². The highest BCUT2D eigenvalue weighted by atomic mass is 32.1. The molecule has 0 atom stereocenters. The molecule has 0 bridgehead atoms. The van der Waals surface area contributed by atoms with Crippen molar-refractivity contribution in [2.75, 3.05) is 6.54 Å². The van der Waals surface area contributed by atoms with Crippen molar-refractivity contribution >= 4 is 34.0 Å². The lowest BCUT2D eigenvalue weighted by molar-refractivity contribution is 0.0945. The molecule has 0 spiro atoms. The number of hydrazine groups is 1. The molecule has 4 nitrogen and oxygen atoms in total. The molecular formula is C21H21N3OS. The molecule has 3 N–H and O–H groups in total. The fraction of sp³-hybridized carbons (Fsp3) is 0.143. The molecule has 0 radical (unpaired) electrons. The number of amides is 1. The van der Waals surface area contributed by atoms with E-state index >= 15 is 0 Å². The average Bonchev–Trinajstić information content (AvgIpc) is 2.70. The van der Waals surface area contributed by atoms with E-state index < -0.39 is 0 Å². The van der Waals surface area contributed by atoms with Crippen molar-refractivity contribution in [2.45, 2.75) is 12.8 Å². The number of hydrogen-bond donors (Lipinski definition) is 3. The molecule has 3 rings (SSSR count). The van der Waals surface area contributed by atoms with Gasteiger partial charge < -0.3 is 5.32 Å². The molecule has 0 aliphatic carbocycles. The summed E-state index contributed by atoms with van der Waals surface area (Å²) in [4.78, 5) is 12.4. The molecule has 0 fully saturated rings. The summed E-state index contributed by atoms with van der Waals surface area (Å²) in [5.74, 6) is -0.213. The molecule has 0 saturated heterocycles. The maximum Gasteiger partial charge on any atom is 0.270 e. The first kappa shape index (κ1) is 17.9. The van der Waals surface area contributed by atoms with Gasteiger partial charge in [-0.2, -0.15) is 0 Å². The quantitative estimate of drug-likeness (QED) is 0.368. The van der Waals surface area contributed by atoms with Crippen LogP contribution in [0.25, 0.3) is 10.8 Å². The first-order valence-electron chi connectivity index (χ1n) is 8.60. The van der Waals surface area contributed by atoms with E-state index in [2.05, 4.69) is 28.3 Å². The Morgan fingerprint density at radius 3 is 2.42 bits per heavy atom. The first-order valence-corrected chi connectivity index (χ1v) is 9.01. The van der Waals surface area contributed by atoms with Gasteiger partial charge in [-0.25, -0.2) is 0 Å². The number of aryl methyl sites for hydroxylation is 1. The number of thiocarbonyl (C=S) groups is 1. The summed E-state index contributed by atoms with van der Waals surface area (Å²) in [6.07, 6.45) is 1.95. The van der Waals surface area contributed by atoms with Crippen LogP contribution in [0.4, 0.5) is 0 Å². The maximum atomic E-state index is 12.4. The summed E-state index contributed by atoms with van der Waals surface area (Å²) in [6, 6.07) is 23.8. The standard InChI is InChI=1S/C21H21N3OS/c25-20(19-14-6-12-17-11-4-5-13-18(17)19)23-24-21(26)22-15-7-10-16-8-2-1-3-9-16/h1-6,8-9,11-14H,7,10,15H2,(H,23,25)(H2,22,24,26). The smallest absolute Gasteiger partial charge is 0.270 e. The Balaban J connectivity index is 1.44. The van der Waals surface area contributed by atoms with Gasteiger partial charge in [-0.3, -0.25) is 15.6 Å². The second-order valence-corrected chi connectivity index (χ2v) is 6.36. The number of carbonyl (C=O) groups excluding carboxylic acids is 1. The second kappa shape index (κ2) is 8.97. The van der Waals surface area contributed by atoms with Crippen molar-refractivity contribution in [3.05, 3.63) is 83.9 Å². The van der Waals surface area contributed by atoms with Crippen LogP contribution in [-0.2, 0) is 6.42 Å². The van der Waals surface area contributed by atoms with Gasteiger partial charge in [0.2, 0.25) is 0 Å². The van der Waals surface area contributed by atoms with E-state index in [9.17, 15) is 4.79 Å². The molecule has 0 saturated carbocycles. The van der Waals surface area contributed by atoms with Gasteiger partial charge in [0, 0.05) is 12.1 Å². The number of hydrogen-bond acceptors (Lipinski definition) is 2. The highest BCUT2D eigenvalue weighted by Gasteiger charge is 2.09. The third kappa shape index (κ3) is 4.80. The van der Waals surface area contributed by atoms with Crippen LogP contribution in [-0.4, -0.2) is 17.6 Å². The van der Waals surface area contributed by atoms with Crippen LogP contribution >= 0.6 is 12.2 Å². The zero-order valence-corrected chi connectivity index (χ0v) is 15.2. The average molecular weight is 363 g/mol. The molecule has 3 aromatic rings. The van der Waals surface area contributed by atoms with Crippen LogP contribution in [0.15, 0.2) is 72.8 Å².